The summed E-state index contributed by atoms with van der Waals surface area (Å²) in [6, 6.07) is 9.72. The van der Waals surface area contributed by atoms with Crippen LogP contribution in [0.3, 0.4) is 0 Å². The van der Waals surface area contributed by atoms with Gasteiger partial charge in [0.05, 0.1) is 17.3 Å². The molecule has 2 atom stereocenters. The molecule has 3 aromatic rings. The molecule has 0 unspecified atom stereocenters. The first-order valence-electron chi connectivity index (χ1n) is 10.0. The van der Waals surface area contributed by atoms with Crippen molar-refractivity contribution in [2.45, 2.75) is 18.9 Å². The quantitative estimate of drug-likeness (QED) is 0.518. The first kappa shape index (κ1) is 21.8. The highest BCUT2D eigenvalue weighted by Crippen LogP contribution is 2.29. The standard InChI is InChI=1S/C23H18F2N6O2/c1-2-14-8-15-9-16(24)10-17(25)19(15)28-22(32)20(14)29-23(33)21-27-18(30-31-21)7-12-4-3-5-13(6-12)11-26/h2-6,9-10,14,20H,1,7-8H2,(H,28,32)(H,29,33)(H,27,30,31)/t14-,20-/m1/s1. The minimum atomic E-state index is -1.09. The highest BCUT2D eigenvalue weighted by molar-refractivity contribution is 6.01. The molecule has 33 heavy (non-hydrogen) atoms. The van der Waals surface area contributed by atoms with Crippen molar-refractivity contribution >= 4 is 17.5 Å². The van der Waals surface area contributed by atoms with Gasteiger partial charge in [-0.3, -0.25) is 9.59 Å². The van der Waals surface area contributed by atoms with Gasteiger partial charge in [-0.2, -0.15) is 5.26 Å². The molecule has 0 saturated heterocycles. The zero-order chi connectivity index (χ0) is 23.5. The fraction of sp³-hybridized carbons (Fsp3) is 0.174. The lowest BCUT2D eigenvalue weighted by molar-refractivity contribution is -0.118. The minimum Gasteiger partial charge on any atom is -0.337 e. The molecule has 2 amide bonds. The Morgan fingerprint density at radius 1 is 1.30 bits per heavy atom. The van der Waals surface area contributed by atoms with Crippen LogP contribution >= 0.6 is 0 Å². The Hall–Kier alpha value is -4.39. The van der Waals surface area contributed by atoms with Gasteiger partial charge in [0.25, 0.3) is 5.91 Å². The van der Waals surface area contributed by atoms with Gasteiger partial charge in [0, 0.05) is 18.4 Å². The van der Waals surface area contributed by atoms with E-state index in [-0.39, 0.29) is 23.5 Å². The minimum absolute atomic E-state index is 0.0914. The SMILES string of the molecule is C=C[C@@H]1Cc2cc(F)cc(F)c2NC(=O)[C@@H]1NC(=O)c1nnc(Cc2cccc(C#N)c2)[nH]1. The normalized spacial score (nSPS) is 17.3. The number of hydrogen-bond donors (Lipinski definition) is 3. The molecule has 10 heteroatoms. The van der Waals surface area contributed by atoms with Crippen LogP contribution in [0.4, 0.5) is 14.5 Å². The number of nitriles is 1. The maximum absolute atomic E-state index is 14.2. The summed E-state index contributed by atoms with van der Waals surface area (Å²) < 4.78 is 27.9. The Morgan fingerprint density at radius 3 is 2.88 bits per heavy atom. The number of nitrogens with zero attached hydrogens (tertiary/aromatic N) is 3. The van der Waals surface area contributed by atoms with Gasteiger partial charge in [0.1, 0.15) is 23.5 Å². The lowest BCUT2D eigenvalue weighted by Gasteiger charge is -2.21. The van der Waals surface area contributed by atoms with E-state index in [2.05, 4.69) is 38.5 Å². The van der Waals surface area contributed by atoms with E-state index in [0.29, 0.717) is 23.9 Å². The second-order valence-electron chi connectivity index (χ2n) is 7.58. The summed E-state index contributed by atoms with van der Waals surface area (Å²) in [5.41, 5.74) is 1.45. The summed E-state index contributed by atoms with van der Waals surface area (Å²) in [4.78, 5) is 28.3. The molecule has 166 valence electrons. The van der Waals surface area contributed by atoms with Crippen LogP contribution < -0.4 is 10.6 Å². The largest absolute Gasteiger partial charge is 0.337 e. The highest BCUT2D eigenvalue weighted by Gasteiger charge is 2.34. The summed E-state index contributed by atoms with van der Waals surface area (Å²) in [6.45, 7) is 3.70. The fourth-order valence-electron chi connectivity index (χ4n) is 3.72. The maximum Gasteiger partial charge on any atom is 0.289 e. The van der Waals surface area contributed by atoms with Crippen LogP contribution in [0.1, 0.15) is 33.1 Å². The number of carbonyl (C=O) groups is 2. The second-order valence-corrected chi connectivity index (χ2v) is 7.58. The van der Waals surface area contributed by atoms with Crippen molar-refractivity contribution in [1.82, 2.24) is 20.5 Å². The average molecular weight is 448 g/mol. The monoisotopic (exact) mass is 448 g/mol. The zero-order valence-corrected chi connectivity index (χ0v) is 17.2. The lowest BCUT2D eigenvalue weighted by Crippen LogP contribution is -2.47. The average Bonchev–Trinajstić information content (AvgIpc) is 3.21. The number of benzene rings is 2. The molecule has 0 aliphatic carbocycles. The predicted octanol–water partition coefficient (Wildman–Crippen LogP) is 2.64. The van der Waals surface area contributed by atoms with Crippen molar-refractivity contribution in [3.63, 3.8) is 0 Å². The van der Waals surface area contributed by atoms with E-state index in [1.165, 1.54) is 6.08 Å². The van der Waals surface area contributed by atoms with E-state index in [0.717, 1.165) is 11.6 Å². The van der Waals surface area contributed by atoms with Crippen molar-refractivity contribution in [2.24, 2.45) is 5.92 Å². The highest BCUT2D eigenvalue weighted by atomic mass is 19.1. The summed E-state index contributed by atoms with van der Waals surface area (Å²) >= 11 is 0. The topological polar surface area (TPSA) is 124 Å². The summed E-state index contributed by atoms with van der Waals surface area (Å²) in [5, 5.41) is 21.8. The maximum atomic E-state index is 14.2. The van der Waals surface area contributed by atoms with Crippen LogP contribution in [0, 0.1) is 28.9 Å². The van der Waals surface area contributed by atoms with E-state index < -0.39 is 35.4 Å². The molecule has 0 bridgehead atoms. The number of rotatable bonds is 5. The molecule has 1 aliphatic heterocycles. The van der Waals surface area contributed by atoms with Crippen molar-refractivity contribution < 1.29 is 18.4 Å². The fourth-order valence-corrected chi connectivity index (χ4v) is 3.72. The molecule has 0 spiro atoms. The number of fused-ring (bicyclic) bond motifs is 1. The van der Waals surface area contributed by atoms with Crippen LogP contribution in [0.2, 0.25) is 0 Å². The Balaban J connectivity index is 1.51. The molecule has 1 aliphatic rings. The van der Waals surface area contributed by atoms with Crippen LogP contribution in [-0.2, 0) is 17.6 Å². The van der Waals surface area contributed by atoms with Crippen molar-refractivity contribution in [2.75, 3.05) is 5.32 Å². The smallest absolute Gasteiger partial charge is 0.289 e. The number of halogens is 2. The summed E-state index contributed by atoms with van der Waals surface area (Å²) in [5.74, 6) is -3.35. The van der Waals surface area contributed by atoms with Gasteiger partial charge in [-0.05, 0) is 35.7 Å². The van der Waals surface area contributed by atoms with E-state index in [1.807, 2.05) is 6.07 Å². The number of nitrogens with one attached hydrogen (secondary N) is 3. The molecular formula is C23H18F2N6O2. The Labute approximate surface area is 187 Å². The van der Waals surface area contributed by atoms with Crippen molar-refractivity contribution in [3.8, 4) is 6.07 Å². The Bertz CT molecular complexity index is 1300. The lowest BCUT2D eigenvalue weighted by atomic mass is 9.92. The predicted molar refractivity (Wildman–Crippen MR) is 114 cm³/mol. The number of aromatic amines is 1. The zero-order valence-electron chi connectivity index (χ0n) is 17.2. The van der Waals surface area contributed by atoms with E-state index in [1.54, 1.807) is 18.2 Å². The summed E-state index contributed by atoms with van der Waals surface area (Å²) in [6.07, 6.45) is 1.86. The van der Waals surface area contributed by atoms with Gasteiger partial charge in [-0.25, -0.2) is 8.78 Å². The van der Waals surface area contributed by atoms with E-state index in [9.17, 15) is 18.4 Å². The molecule has 0 radical (unpaired) electrons. The van der Waals surface area contributed by atoms with Gasteiger partial charge >= 0.3 is 0 Å². The molecule has 4 rings (SSSR count). The third-order valence-corrected chi connectivity index (χ3v) is 5.32. The number of H-pyrrole nitrogens is 1. The van der Waals surface area contributed by atoms with Gasteiger partial charge in [0.15, 0.2) is 0 Å². The van der Waals surface area contributed by atoms with Gasteiger partial charge in [-0.1, -0.05) is 18.2 Å². The van der Waals surface area contributed by atoms with Crippen LogP contribution in [0.5, 0.6) is 0 Å². The molecule has 0 saturated carbocycles. The van der Waals surface area contributed by atoms with Crippen LogP contribution in [0.25, 0.3) is 0 Å². The number of carbonyl (C=O) groups excluding carboxylic acids is 2. The molecule has 2 aromatic carbocycles. The summed E-state index contributed by atoms with van der Waals surface area (Å²) in [7, 11) is 0. The number of hydrogen-bond acceptors (Lipinski definition) is 5. The van der Waals surface area contributed by atoms with Crippen molar-refractivity contribution in [1.29, 1.82) is 5.26 Å². The van der Waals surface area contributed by atoms with Crippen molar-refractivity contribution in [3.05, 3.63) is 89.0 Å². The van der Waals surface area contributed by atoms with Crippen LogP contribution in [0.15, 0.2) is 49.1 Å². The van der Waals surface area contributed by atoms with E-state index >= 15 is 0 Å². The molecule has 3 N–H and O–H groups in total. The Kier molecular flexibility index (Phi) is 5.95. The molecule has 1 aromatic heterocycles. The Morgan fingerprint density at radius 2 is 2.12 bits per heavy atom. The number of amides is 2. The first-order chi connectivity index (χ1) is 15.9. The molecule has 0 fully saturated rings. The molecule has 8 nitrogen and oxygen atoms in total. The third kappa shape index (κ3) is 4.62. The second kappa shape index (κ2) is 9.00. The number of aromatic nitrogens is 3. The van der Waals surface area contributed by atoms with E-state index in [4.69, 9.17) is 5.26 Å². The first-order valence-corrected chi connectivity index (χ1v) is 10.0. The van der Waals surface area contributed by atoms with Gasteiger partial charge in [-0.15, -0.1) is 16.8 Å². The third-order valence-electron chi connectivity index (χ3n) is 5.32. The number of anilines is 1. The van der Waals surface area contributed by atoms with Crippen LogP contribution in [-0.4, -0.2) is 33.0 Å². The molecule has 2 heterocycles. The molecular weight excluding hydrogens is 430 g/mol. The van der Waals surface area contributed by atoms with Gasteiger partial charge < -0.3 is 15.6 Å². The van der Waals surface area contributed by atoms with Gasteiger partial charge in [0.2, 0.25) is 11.7 Å².